The summed E-state index contributed by atoms with van der Waals surface area (Å²) in [7, 11) is 0. The molecule has 4 aromatic rings. The molecule has 1 heterocycles. The van der Waals surface area contributed by atoms with Crippen molar-refractivity contribution in [1.82, 2.24) is 10.3 Å². The molecule has 5 heteroatoms. The van der Waals surface area contributed by atoms with E-state index < -0.39 is 0 Å². The van der Waals surface area contributed by atoms with Crippen LogP contribution in [-0.4, -0.2) is 23.3 Å². The molecule has 3 aromatic carbocycles. The zero-order chi connectivity index (χ0) is 25.0. The number of anilines is 1. The molecule has 0 bridgehead atoms. The van der Waals surface area contributed by atoms with Crippen LogP contribution < -0.4 is 10.2 Å². The molecular formula is C31H29N3O2. The summed E-state index contributed by atoms with van der Waals surface area (Å²) in [5.74, 6) is -0.187. The van der Waals surface area contributed by atoms with Crippen LogP contribution in [-0.2, 0) is 29.0 Å². The monoisotopic (exact) mass is 475 g/mol. The molecule has 2 amide bonds. The van der Waals surface area contributed by atoms with E-state index >= 15 is 0 Å². The van der Waals surface area contributed by atoms with Gasteiger partial charge in [-0.1, -0.05) is 78.9 Å². The maximum atomic E-state index is 13.3. The smallest absolute Gasteiger partial charge is 0.251 e. The molecule has 1 aromatic heterocycles. The molecular weight excluding hydrogens is 446 g/mol. The molecule has 0 aliphatic rings. The average Bonchev–Trinajstić information content (AvgIpc) is 2.92. The molecule has 0 aliphatic carbocycles. The number of nitrogens with zero attached hydrogens (tertiary/aromatic N) is 2. The summed E-state index contributed by atoms with van der Waals surface area (Å²) in [6, 6.07) is 33.0. The van der Waals surface area contributed by atoms with E-state index in [0.717, 1.165) is 28.1 Å². The maximum absolute atomic E-state index is 13.3. The van der Waals surface area contributed by atoms with Crippen LogP contribution in [0.2, 0.25) is 0 Å². The van der Waals surface area contributed by atoms with Crippen LogP contribution in [0.5, 0.6) is 0 Å². The Kier molecular flexibility index (Phi) is 8.76. The Bertz CT molecular complexity index is 1290. The number of benzene rings is 3. The fraction of sp³-hybridized carbons (Fsp3) is 0.129. The summed E-state index contributed by atoms with van der Waals surface area (Å²) in [4.78, 5) is 31.8. The first-order valence-electron chi connectivity index (χ1n) is 12.0. The van der Waals surface area contributed by atoms with Crippen molar-refractivity contribution in [3.8, 4) is 0 Å². The van der Waals surface area contributed by atoms with Gasteiger partial charge in [0.2, 0.25) is 5.91 Å². The van der Waals surface area contributed by atoms with Gasteiger partial charge in [-0.3, -0.25) is 14.6 Å². The van der Waals surface area contributed by atoms with Crippen molar-refractivity contribution in [3.05, 3.63) is 138 Å². The summed E-state index contributed by atoms with van der Waals surface area (Å²) >= 11 is 0. The number of amides is 2. The largest absolute Gasteiger partial charge is 0.355 e. The molecule has 0 saturated heterocycles. The van der Waals surface area contributed by atoms with Crippen molar-refractivity contribution in [2.75, 3.05) is 11.4 Å². The van der Waals surface area contributed by atoms with Crippen LogP contribution in [0.15, 0.2) is 115 Å². The van der Waals surface area contributed by atoms with Crippen LogP contribution >= 0.6 is 0 Å². The molecule has 0 atom stereocenters. The van der Waals surface area contributed by atoms with Crippen LogP contribution in [0.1, 0.15) is 22.4 Å². The number of carbonyl (C=O) groups excluding carboxylic acids is 2. The van der Waals surface area contributed by atoms with Gasteiger partial charge in [0.25, 0.3) is 5.91 Å². The second kappa shape index (κ2) is 12.8. The average molecular weight is 476 g/mol. The highest BCUT2D eigenvalue weighted by atomic mass is 16.2. The number of hydrogen-bond donors (Lipinski definition) is 1. The lowest BCUT2D eigenvalue weighted by molar-refractivity contribution is -0.120. The first-order valence-corrected chi connectivity index (χ1v) is 12.0. The normalized spacial score (nSPS) is 10.8. The van der Waals surface area contributed by atoms with E-state index in [0.29, 0.717) is 19.5 Å². The first kappa shape index (κ1) is 24.6. The van der Waals surface area contributed by atoms with Gasteiger partial charge in [0.05, 0.1) is 13.0 Å². The Balaban J connectivity index is 1.45. The lowest BCUT2D eigenvalue weighted by Gasteiger charge is -2.22. The van der Waals surface area contributed by atoms with Gasteiger partial charge in [-0.25, -0.2) is 0 Å². The summed E-state index contributed by atoms with van der Waals surface area (Å²) in [6.07, 6.45) is 6.08. The number of aromatic nitrogens is 1. The number of nitrogens with one attached hydrogen (secondary N) is 1. The fourth-order valence-electron chi connectivity index (χ4n) is 3.84. The Labute approximate surface area is 212 Å². The number of pyridine rings is 1. The second-order valence-corrected chi connectivity index (χ2v) is 8.42. The highest BCUT2D eigenvalue weighted by molar-refractivity contribution is 6.03. The van der Waals surface area contributed by atoms with E-state index in [1.807, 2.05) is 109 Å². The summed E-state index contributed by atoms with van der Waals surface area (Å²) in [5, 5.41) is 2.96. The van der Waals surface area contributed by atoms with Gasteiger partial charge >= 0.3 is 0 Å². The zero-order valence-electron chi connectivity index (χ0n) is 20.1. The minimum absolute atomic E-state index is 0.0620. The third-order valence-corrected chi connectivity index (χ3v) is 5.68. The second-order valence-electron chi connectivity index (χ2n) is 8.42. The third-order valence-electron chi connectivity index (χ3n) is 5.68. The van der Waals surface area contributed by atoms with Crippen molar-refractivity contribution in [2.45, 2.75) is 19.4 Å². The van der Waals surface area contributed by atoms with Crippen molar-refractivity contribution < 1.29 is 9.59 Å². The van der Waals surface area contributed by atoms with Crippen LogP contribution in [0.3, 0.4) is 0 Å². The van der Waals surface area contributed by atoms with Gasteiger partial charge in [-0.05, 0) is 47.0 Å². The number of rotatable bonds is 10. The van der Waals surface area contributed by atoms with Crippen molar-refractivity contribution in [2.24, 2.45) is 0 Å². The predicted octanol–water partition coefficient (Wildman–Crippen LogP) is 5.23. The van der Waals surface area contributed by atoms with Gasteiger partial charge in [-0.15, -0.1) is 0 Å². The van der Waals surface area contributed by atoms with E-state index in [2.05, 4.69) is 10.3 Å². The topological polar surface area (TPSA) is 62.3 Å². The molecule has 0 spiro atoms. The fourth-order valence-corrected chi connectivity index (χ4v) is 3.84. The Morgan fingerprint density at radius 1 is 0.806 bits per heavy atom. The van der Waals surface area contributed by atoms with E-state index in [-0.39, 0.29) is 18.2 Å². The minimum atomic E-state index is -0.125. The van der Waals surface area contributed by atoms with Gasteiger partial charge in [0.15, 0.2) is 0 Å². The van der Waals surface area contributed by atoms with E-state index in [1.165, 1.54) is 0 Å². The number of carbonyl (C=O) groups is 2. The molecule has 0 radical (unpaired) electrons. The van der Waals surface area contributed by atoms with Gasteiger partial charge in [0.1, 0.15) is 0 Å². The first-order chi connectivity index (χ1) is 17.7. The molecule has 0 unspecified atom stereocenters. The Hall–Kier alpha value is -4.51. The van der Waals surface area contributed by atoms with Gasteiger partial charge < -0.3 is 10.2 Å². The lowest BCUT2D eigenvalue weighted by Crippen LogP contribution is -2.29. The third kappa shape index (κ3) is 7.50. The molecule has 5 nitrogen and oxygen atoms in total. The van der Waals surface area contributed by atoms with Crippen LogP contribution in [0.25, 0.3) is 6.08 Å². The zero-order valence-corrected chi connectivity index (χ0v) is 20.1. The van der Waals surface area contributed by atoms with Crippen molar-refractivity contribution >= 4 is 23.6 Å². The quantitative estimate of drug-likeness (QED) is 0.320. The highest BCUT2D eigenvalue weighted by Crippen LogP contribution is 2.20. The van der Waals surface area contributed by atoms with E-state index in [1.54, 1.807) is 17.2 Å². The molecule has 180 valence electrons. The molecule has 1 N–H and O–H groups in total. The molecule has 4 rings (SSSR count). The molecule has 0 saturated carbocycles. The van der Waals surface area contributed by atoms with Gasteiger partial charge in [0, 0.05) is 36.6 Å². The lowest BCUT2D eigenvalue weighted by atomic mass is 10.1. The van der Waals surface area contributed by atoms with Crippen molar-refractivity contribution in [3.63, 3.8) is 0 Å². The van der Waals surface area contributed by atoms with E-state index in [4.69, 9.17) is 0 Å². The molecule has 36 heavy (non-hydrogen) atoms. The standard InChI is InChI=1S/C31H29N3O2/c35-30(33-21-19-28-15-7-8-20-32-28)23-27-14-9-16-29(22-27)34(24-26-12-5-2-6-13-26)31(36)18-17-25-10-3-1-4-11-25/h1-18,20,22H,19,21,23-24H2,(H,33,35)/b18-17+. The van der Waals surface area contributed by atoms with Crippen molar-refractivity contribution in [1.29, 1.82) is 0 Å². The Morgan fingerprint density at radius 2 is 1.53 bits per heavy atom. The SMILES string of the molecule is O=C(Cc1cccc(N(Cc2ccccc2)C(=O)/C=C/c2ccccc2)c1)NCCc1ccccn1. The summed E-state index contributed by atoms with van der Waals surface area (Å²) < 4.78 is 0. The Morgan fingerprint density at radius 3 is 2.28 bits per heavy atom. The van der Waals surface area contributed by atoms with E-state index in [9.17, 15) is 9.59 Å². The molecule has 0 aliphatic heterocycles. The maximum Gasteiger partial charge on any atom is 0.251 e. The molecule has 0 fully saturated rings. The van der Waals surface area contributed by atoms with Gasteiger partial charge in [-0.2, -0.15) is 0 Å². The summed E-state index contributed by atoms with van der Waals surface area (Å²) in [5.41, 5.74) is 4.53. The minimum Gasteiger partial charge on any atom is -0.355 e. The van der Waals surface area contributed by atoms with Crippen LogP contribution in [0.4, 0.5) is 5.69 Å². The highest BCUT2D eigenvalue weighted by Gasteiger charge is 2.15. The number of hydrogen-bond acceptors (Lipinski definition) is 3. The predicted molar refractivity (Wildman–Crippen MR) is 144 cm³/mol. The summed E-state index contributed by atoms with van der Waals surface area (Å²) in [6.45, 7) is 0.955. The van der Waals surface area contributed by atoms with Crippen LogP contribution in [0, 0.1) is 0 Å².